The molecule has 88 valence electrons. The quantitative estimate of drug-likeness (QED) is 0.881. The summed E-state index contributed by atoms with van der Waals surface area (Å²) in [5.41, 5.74) is 1.40. The summed E-state index contributed by atoms with van der Waals surface area (Å²) in [6.45, 7) is 3.95. The van der Waals surface area contributed by atoms with E-state index < -0.39 is 0 Å². The van der Waals surface area contributed by atoms with Crippen LogP contribution in [-0.4, -0.2) is 30.9 Å². The van der Waals surface area contributed by atoms with Gasteiger partial charge in [0.15, 0.2) is 0 Å². The molecule has 0 saturated heterocycles. The van der Waals surface area contributed by atoms with E-state index in [1.165, 1.54) is 0 Å². The van der Waals surface area contributed by atoms with Crippen molar-refractivity contribution in [1.82, 2.24) is 4.90 Å². The van der Waals surface area contributed by atoms with Crippen molar-refractivity contribution in [3.05, 3.63) is 28.8 Å². The SMILES string of the molecule is CNc1ccc(Cl)cc1C(=O)N(C)C(C)C. The van der Waals surface area contributed by atoms with Gasteiger partial charge in [0.2, 0.25) is 0 Å². The van der Waals surface area contributed by atoms with E-state index in [4.69, 9.17) is 11.6 Å². The van der Waals surface area contributed by atoms with Crippen LogP contribution in [-0.2, 0) is 0 Å². The zero-order valence-electron chi connectivity index (χ0n) is 10.0. The summed E-state index contributed by atoms with van der Waals surface area (Å²) >= 11 is 5.90. The van der Waals surface area contributed by atoms with E-state index in [2.05, 4.69) is 5.32 Å². The van der Waals surface area contributed by atoms with Gasteiger partial charge in [0, 0.05) is 30.8 Å². The maximum atomic E-state index is 12.1. The molecule has 1 aromatic rings. The van der Waals surface area contributed by atoms with Crippen LogP contribution in [0, 0.1) is 0 Å². The molecule has 0 bridgehead atoms. The fourth-order valence-corrected chi connectivity index (χ4v) is 1.51. The van der Waals surface area contributed by atoms with Crippen molar-refractivity contribution in [3.63, 3.8) is 0 Å². The summed E-state index contributed by atoms with van der Waals surface area (Å²) in [5, 5.41) is 3.56. The van der Waals surface area contributed by atoms with Gasteiger partial charge in [-0.25, -0.2) is 0 Å². The van der Waals surface area contributed by atoms with Crippen molar-refractivity contribution in [1.29, 1.82) is 0 Å². The van der Waals surface area contributed by atoms with Crippen LogP contribution in [0.3, 0.4) is 0 Å². The monoisotopic (exact) mass is 240 g/mol. The minimum Gasteiger partial charge on any atom is -0.387 e. The molecule has 0 aliphatic heterocycles. The van der Waals surface area contributed by atoms with Crippen LogP contribution < -0.4 is 5.32 Å². The molecule has 1 rings (SSSR count). The van der Waals surface area contributed by atoms with Gasteiger partial charge < -0.3 is 10.2 Å². The summed E-state index contributed by atoms with van der Waals surface area (Å²) in [5.74, 6) is -0.0261. The summed E-state index contributed by atoms with van der Waals surface area (Å²) in [7, 11) is 3.57. The van der Waals surface area contributed by atoms with Gasteiger partial charge >= 0.3 is 0 Å². The Morgan fingerprint density at radius 2 is 2.06 bits per heavy atom. The van der Waals surface area contributed by atoms with Crippen molar-refractivity contribution >= 4 is 23.2 Å². The Kier molecular flexibility index (Phi) is 4.19. The summed E-state index contributed by atoms with van der Waals surface area (Å²) in [4.78, 5) is 13.8. The maximum Gasteiger partial charge on any atom is 0.255 e. The molecule has 0 fully saturated rings. The molecule has 1 aromatic carbocycles. The molecule has 1 N–H and O–H groups in total. The standard InChI is InChI=1S/C12H17ClN2O/c1-8(2)15(4)12(16)10-7-9(13)5-6-11(10)14-3/h5-8,14H,1-4H3. The third kappa shape index (κ3) is 2.67. The van der Waals surface area contributed by atoms with Crippen molar-refractivity contribution in [3.8, 4) is 0 Å². The number of carbonyl (C=O) groups is 1. The number of rotatable bonds is 3. The Morgan fingerprint density at radius 1 is 1.44 bits per heavy atom. The number of amides is 1. The minimum atomic E-state index is -0.0261. The lowest BCUT2D eigenvalue weighted by atomic mass is 10.1. The molecule has 0 radical (unpaired) electrons. The van der Waals surface area contributed by atoms with E-state index in [0.29, 0.717) is 10.6 Å². The minimum absolute atomic E-state index is 0.0261. The topological polar surface area (TPSA) is 32.3 Å². The first kappa shape index (κ1) is 12.8. The second-order valence-electron chi connectivity index (χ2n) is 3.95. The fourth-order valence-electron chi connectivity index (χ4n) is 1.34. The number of nitrogens with one attached hydrogen (secondary N) is 1. The van der Waals surface area contributed by atoms with Crippen molar-refractivity contribution in [2.75, 3.05) is 19.4 Å². The highest BCUT2D eigenvalue weighted by atomic mass is 35.5. The average Bonchev–Trinajstić information content (AvgIpc) is 2.26. The van der Waals surface area contributed by atoms with E-state index in [-0.39, 0.29) is 11.9 Å². The molecule has 0 atom stereocenters. The van der Waals surface area contributed by atoms with Crippen molar-refractivity contribution in [2.45, 2.75) is 19.9 Å². The van der Waals surface area contributed by atoms with E-state index >= 15 is 0 Å². The van der Waals surface area contributed by atoms with Crippen LogP contribution in [0.25, 0.3) is 0 Å². The molecule has 16 heavy (non-hydrogen) atoms. The van der Waals surface area contributed by atoms with Gasteiger partial charge in [0.25, 0.3) is 5.91 Å². The van der Waals surface area contributed by atoms with Crippen LogP contribution >= 0.6 is 11.6 Å². The van der Waals surface area contributed by atoms with Gasteiger partial charge in [-0.1, -0.05) is 11.6 Å². The van der Waals surface area contributed by atoms with Crippen LogP contribution in [0.2, 0.25) is 5.02 Å². The Bertz CT molecular complexity index is 391. The molecular formula is C12H17ClN2O. The third-order valence-electron chi connectivity index (χ3n) is 2.58. The van der Waals surface area contributed by atoms with Gasteiger partial charge in [-0.15, -0.1) is 0 Å². The molecule has 3 nitrogen and oxygen atoms in total. The Labute approximate surface area is 101 Å². The molecule has 1 amide bonds. The lowest BCUT2D eigenvalue weighted by Crippen LogP contribution is -2.33. The van der Waals surface area contributed by atoms with Gasteiger partial charge in [-0.05, 0) is 32.0 Å². The average molecular weight is 241 g/mol. The zero-order chi connectivity index (χ0) is 12.3. The van der Waals surface area contributed by atoms with Crippen LogP contribution in [0.1, 0.15) is 24.2 Å². The first-order chi connectivity index (χ1) is 7.47. The number of hydrogen-bond donors (Lipinski definition) is 1. The van der Waals surface area contributed by atoms with Gasteiger partial charge in [0.05, 0.1) is 5.56 Å². The summed E-state index contributed by atoms with van der Waals surface area (Å²) in [6.07, 6.45) is 0. The van der Waals surface area contributed by atoms with Gasteiger partial charge in [0.1, 0.15) is 0 Å². The number of benzene rings is 1. The van der Waals surface area contributed by atoms with Gasteiger partial charge in [-0.3, -0.25) is 4.79 Å². The third-order valence-corrected chi connectivity index (χ3v) is 2.81. The second-order valence-corrected chi connectivity index (χ2v) is 4.39. The second kappa shape index (κ2) is 5.21. The molecule has 4 heteroatoms. The Balaban J connectivity index is 3.11. The fraction of sp³-hybridized carbons (Fsp3) is 0.417. The molecule has 0 heterocycles. The normalized spacial score (nSPS) is 10.4. The van der Waals surface area contributed by atoms with E-state index in [9.17, 15) is 4.79 Å². The van der Waals surface area contributed by atoms with E-state index in [0.717, 1.165) is 5.69 Å². The highest BCUT2D eigenvalue weighted by Crippen LogP contribution is 2.22. The number of carbonyl (C=O) groups excluding carboxylic acids is 1. The van der Waals surface area contributed by atoms with Crippen molar-refractivity contribution in [2.24, 2.45) is 0 Å². The largest absolute Gasteiger partial charge is 0.387 e. The van der Waals surface area contributed by atoms with Crippen LogP contribution in [0.4, 0.5) is 5.69 Å². The highest BCUT2D eigenvalue weighted by molar-refractivity contribution is 6.31. The number of halogens is 1. The van der Waals surface area contributed by atoms with E-state index in [1.54, 1.807) is 31.1 Å². The highest BCUT2D eigenvalue weighted by Gasteiger charge is 2.17. The Hall–Kier alpha value is -1.22. The summed E-state index contributed by atoms with van der Waals surface area (Å²) in [6, 6.07) is 5.42. The zero-order valence-corrected chi connectivity index (χ0v) is 10.8. The molecular weight excluding hydrogens is 224 g/mol. The molecule has 0 aliphatic rings. The summed E-state index contributed by atoms with van der Waals surface area (Å²) < 4.78 is 0. The lowest BCUT2D eigenvalue weighted by molar-refractivity contribution is 0.0756. The molecule has 0 aliphatic carbocycles. The number of hydrogen-bond acceptors (Lipinski definition) is 2. The smallest absolute Gasteiger partial charge is 0.255 e. The van der Waals surface area contributed by atoms with Crippen molar-refractivity contribution < 1.29 is 4.79 Å². The Morgan fingerprint density at radius 3 is 2.56 bits per heavy atom. The molecule has 0 spiro atoms. The van der Waals surface area contributed by atoms with Crippen LogP contribution in [0.15, 0.2) is 18.2 Å². The molecule has 0 saturated carbocycles. The predicted molar refractivity (Wildman–Crippen MR) is 68.2 cm³/mol. The maximum absolute atomic E-state index is 12.1. The van der Waals surface area contributed by atoms with E-state index in [1.807, 2.05) is 19.9 Å². The number of anilines is 1. The predicted octanol–water partition coefficient (Wildman–Crippen LogP) is 2.86. The first-order valence-corrected chi connectivity index (χ1v) is 5.59. The first-order valence-electron chi connectivity index (χ1n) is 5.21. The van der Waals surface area contributed by atoms with Crippen LogP contribution in [0.5, 0.6) is 0 Å². The van der Waals surface area contributed by atoms with Gasteiger partial charge in [-0.2, -0.15) is 0 Å². The molecule has 0 unspecified atom stereocenters. The number of nitrogens with zero attached hydrogens (tertiary/aromatic N) is 1. The lowest BCUT2D eigenvalue weighted by Gasteiger charge is -2.22. The molecule has 0 aromatic heterocycles.